The van der Waals surface area contributed by atoms with Crippen molar-refractivity contribution in [1.82, 2.24) is 10.2 Å². The lowest BCUT2D eigenvalue weighted by molar-refractivity contribution is -0.134. The van der Waals surface area contributed by atoms with Crippen LogP contribution < -0.4 is 11.1 Å². The van der Waals surface area contributed by atoms with Crippen molar-refractivity contribution in [3.63, 3.8) is 0 Å². The van der Waals surface area contributed by atoms with Crippen molar-refractivity contribution in [2.24, 2.45) is 11.7 Å². The fraction of sp³-hybridized carbons (Fsp3) is 0.867. The molecule has 0 radical (unpaired) electrons. The SMILES string of the molecule is CCCC(CCN)CCC(=O)NC(C)C(=O)N(C)CC. The van der Waals surface area contributed by atoms with Crippen LogP contribution in [0.3, 0.4) is 0 Å². The van der Waals surface area contributed by atoms with E-state index in [2.05, 4.69) is 12.2 Å². The number of likely N-dealkylation sites (N-methyl/N-ethyl adjacent to an activating group) is 1. The number of carbonyl (C=O) groups is 2. The molecule has 0 aromatic rings. The minimum absolute atomic E-state index is 0.0477. The average Bonchev–Trinajstić information content (AvgIpc) is 2.43. The van der Waals surface area contributed by atoms with Crippen molar-refractivity contribution in [3.8, 4) is 0 Å². The van der Waals surface area contributed by atoms with Gasteiger partial charge in [-0.1, -0.05) is 19.8 Å². The zero-order valence-corrected chi connectivity index (χ0v) is 13.4. The lowest BCUT2D eigenvalue weighted by Gasteiger charge is -2.21. The van der Waals surface area contributed by atoms with Gasteiger partial charge in [0, 0.05) is 20.0 Å². The summed E-state index contributed by atoms with van der Waals surface area (Å²) < 4.78 is 0. The molecule has 0 saturated carbocycles. The zero-order valence-electron chi connectivity index (χ0n) is 13.4. The minimum Gasteiger partial charge on any atom is -0.345 e. The van der Waals surface area contributed by atoms with Crippen LogP contribution in [0.4, 0.5) is 0 Å². The maximum absolute atomic E-state index is 11.9. The summed E-state index contributed by atoms with van der Waals surface area (Å²) in [5.74, 6) is 0.418. The summed E-state index contributed by atoms with van der Waals surface area (Å²) in [4.78, 5) is 25.3. The summed E-state index contributed by atoms with van der Waals surface area (Å²) in [7, 11) is 1.74. The molecule has 0 fully saturated rings. The highest BCUT2D eigenvalue weighted by Crippen LogP contribution is 2.16. The molecule has 0 spiro atoms. The first-order valence-corrected chi connectivity index (χ1v) is 7.70. The number of rotatable bonds is 10. The summed E-state index contributed by atoms with van der Waals surface area (Å²) in [6, 6.07) is -0.452. The van der Waals surface area contributed by atoms with E-state index in [1.165, 1.54) is 0 Å². The van der Waals surface area contributed by atoms with Gasteiger partial charge >= 0.3 is 0 Å². The quantitative estimate of drug-likeness (QED) is 0.639. The number of amides is 2. The Bertz CT molecular complexity index is 289. The first kappa shape index (κ1) is 18.9. The van der Waals surface area contributed by atoms with E-state index in [-0.39, 0.29) is 11.8 Å². The van der Waals surface area contributed by atoms with Crippen LogP contribution in [0, 0.1) is 5.92 Å². The number of hydrogen-bond acceptors (Lipinski definition) is 3. The van der Waals surface area contributed by atoms with Crippen LogP contribution in [0.25, 0.3) is 0 Å². The van der Waals surface area contributed by atoms with Crippen LogP contribution in [0.15, 0.2) is 0 Å². The van der Waals surface area contributed by atoms with E-state index in [1.54, 1.807) is 18.9 Å². The smallest absolute Gasteiger partial charge is 0.244 e. The Morgan fingerprint density at radius 2 is 1.85 bits per heavy atom. The standard InChI is InChI=1S/C15H31N3O2/c1-5-7-13(10-11-16)8-9-14(19)17-12(3)15(20)18(4)6-2/h12-13H,5-11,16H2,1-4H3,(H,17,19). The second-order valence-corrected chi connectivity index (χ2v) is 5.41. The number of hydrogen-bond donors (Lipinski definition) is 2. The lowest BCUT2D eigenvalue weighted by Crippen LogP contribution is -2.45. The van der Waals surface area contributed by atoms with Gasteiger partial charge in [-0.15, -0.1) is 0 Å². The van der Waals surface area contributed by atoms with Gasteiger partial charge in [-0.05, 0) is 39.2 Å². The average molecular weight is 285 g/mol. The normalized spacial score (nSPS) is 13.7. The molecule has 0 saturated heterocycles. The molecule has 0 aromatic heterocycles. The van der Waals surface area contributed by atoms with Gasteiger partial charge in [-0.3, -0.25) is 9.59 Å². The molecule has 0 aliphatic heterocycles. The van der Waals surface area contributed by atoms with Gasteiger partial charge < -0.3 is 16.0 Å². The van der Waals surface area contributed by atoms with Gasteiger partial charge in [0.15, 0.2) is 0 Å². The number of nitrogens with zero attached hydrogens (tertiary/aromatic N) is 1. The summed E-state index contributed by atoms with van der Waals surface area (Å²) in [6.07, 6.45) is 4.51. The van der Waals surface area contributed by atoms with E-state index in [0.29, 0.717) is 25.4 Å². The van der Waals surface area contributed by atoms with Crippen LogP contribution in [-0.4, -0.2) is 42.9 Å². The van der Waals surface area contributed by atoms with Gasteiger partial charge in [-0.2, -0.15) is 0 Å². The van der Waals surface area contributed by atoms with Crippen LogP contribution in [-0.2, 0) is 9.59 Å². The van der Waals surface area contributed by atoms with Crippen molar-refractivity contribution >= 4 is 11.8 Å². The number of carbonyl (C=O) groups excluding carboxylic acids is 2. The van der Waals surface area contributed by atoms with Crippen molar-refractivity contribution in [1.29, 1.82) is 0 Å². The van der Waals surface area contributed by atoms with E-state index < -0.39 is 6.04 Å². The minimum atomic E-state index is -0.452. The predicted octanol–water partition coefficient (Wildman–Crippen LogP) is 1.51. The third-order valence-electron chi connectivity index (χ3n) is 3.65. The molecule has 3 N–H and O–H groups in total. The molecule has 0 aliphatic carbocycles. The highest BCUT2D eigenvalue weighted by molar-refractivity contribution is 5.87. The maximum Gasteiger partial charge on any atom is 0.244 e. The first-order chi connectivity index (χ1) is 9.46. The van der Waals surface area contributed by atoms with Crippen molar-refractivity contribution in [2.45, 2.75) is 58.9 Å². The van der Waals surface area contributed by atoms with E-state index in [4.69, 9.17) is 5.73 Å². The Labute approximate surface area is 123 Å². The molecule has 0 rings (SSSR count). The highest BCUT2D eigenvalue weighted by atomic mass is 16.2. The molecule has 20 heavy (non-hydrogen) atoms. The molecule has 0 aromatic carbocycles. The highest BCUT2D eigenvalue weighted by Gasteiger charge is 2.18. The second kappa shape index (κ2) is 10.7. The molecule has 118 valence electrons. The number of nitrogens with one attached hydrogen (secondary N) is 1. The molecular weight excluding hydrogens is 254 g/mol. The third kappa shape index (κ3) is 7.48. The van der Waals surface area contributed by atoms with Crippen molar-refractivity contribution in [3.05, 3.63) is 0 Å². The zero-order chi connectivity index (χ0) is 15.5. The summed E-state index contributed by atoms with van der Waals surface area (Å²) in [6.45, 7) is 7.10. The Hall–Kier alpha value is -1.10. The predicted molar refractivity (Wildman–Crippen MR) is 82.2 cm³/mol. The monoisotopic (exact) mass is 285 g/mol. The van der Waals surface area contributed by atoms with Gasteiger partial charge in [0.25, 0.3) is 0 Å². The second-order valence-electron chi connectivity index (χ2n) is 5.41. The summed E-state index contributed by atoms with van der Waals surface area (Å²) in [5.41, 5.74) is 5.58. The fourth-order valence-electron chi connectivity index (χ4n) is 2.27. The van der Waals surface area contributed by atoms with E-state index in [0.717, 1.165) is 25.7 Å². The van der Waals surface area contributed by atoms with Gasteiger partial charge in [0.05, 0.1) is 0 Å². The largest absolute Gasteiger partial charge is 0.345 e. The molecule has 2 unspecified atom stereocenters. The third-order valence-corrected chi connectivity index (χ3v) is 3.65. The van der Waals surface area contributed by atoms with Crippen LogP contribution >= 0.6 is 0 Å². The van der Waals surface area contributed by atoms with Crippen LogP contribution in [0.1, 0.15) is 52.9 Å². The fourth-order valence-corrected chi connectivity index (χ4v) is 2.27. The van der Waals surface area contributed by atoms with Crippen molar-refractivity contribution in [2.75, 3.05) is 20.1 Å². The molecule has 5 heteroatoms. The number of nitrogens with two attached hydrogens (primary N) is 1. The molecule has 0 heterocycles. The van der Waals surface area contributed by atoms with Gasteiger partial charge in [0.2, 0.25) is 11.8 Å². The topological polar surface area (TPSA) is 75.4 Å². The van der Waals surface area contributed by atoms with Crippen LogP contribution in [0.5, 0.6) is 0 Å². The molecule has 0 aliphatic rings. The Morgan fingerprint density at radius 1 is 1.20 bits per heavy atom. The van der Waals surface area contributed by atoms with E-state index in [1.807, 2.05) is 6.92 Å². The van der Waals surface area contributed by atoms with Gasteiger partial charge in [0.1, 0.15) is 6.04 Å². The molecule has 0 bridgehead atoms. The molecular formula is C15H31N3O2. The van der Waals surface area contributed by atoms with Crippen LogP contribution in [0.2, 0.25) is 0 Å². The van der Waals surface area contributed by atoms with Crippen molar-refractivity contribution < 1.29 is 9.59 Å². The summed E-state index contributed by atoms with van der Waals surface area (Å²) >= 11 is 0. The Kier molecular flexibility index (Phi) is 10.1. The molecule has 5 nitrogen and oxygen atoms in total. The maximum atomic E-state index is 11.9. The Morgan fingerprint density at radius 3 is 2.35 bits per heavy atom. The van der Waals surface area contributed by atoms with Gasteiger partial charge in [-0.25, -0.2) is 0 Å². The Balaban J connectivity index is 4.11. The first-order valence-electron chi connectivity index (χ1n) is 7.70. The van der Waals surface area contributed by atoms with E-state index >= 15 is 0 Å². The van der Waals surface area contributed by atoms with E-state index in [9.17, 15) is 9.59 Å². The lowest BCUT2D eigenvalue weighted by atomic mass is 9.94. The summed E-state index contributed by atoms with van der Waals surface area (Å²) in [5, 5.41) is 2.77. The molecule has 2 atom stereocenters. The molecule has 2 amide bonds.